The predicted octanol–water partition coefficient (Wildman–Crippen LogP) is 3.44. The molecule has 0 aliphatic rings. The monoisotopic (exact) mass is 201 g/mol. The molecule has 0 radical (unpaired) electrons. The summed E-state index contributed by atoms with van der Waals surface area (Å²) in [5, 5.41) is 3.24. The highest BCUT2D eigenvalue weighted by Gasteiger charge is 2.05. The third-order valence-electron chi connectivity index (χ3n) is 2.48. The van der Waals surface area contributed by atoms with Crippen molar-refractivity contribution in [3.8, 4) is 0 Å². The number of allylic oxidation sites excluding steroid dienone is 3. The molecule has 0 aromatic heterocycles. The quantitative estimate of drug-likeness (QED) is 0.739. The highest BCUT2D eigenvalue weighted by atomic mass is 14.8. The summed E-state index contributed by atoms with van der Waals surface area (Å²) in [5.41, 5.74) is 5.09. The Bertz CT molecular complexity index is 366. The highest BCUT2D eigenvalue weighted by molar-refractivity contribution is 5.70. The molecule has 1 rings (SSSR count). The Morgan fingerprint density at radius 1 is 1.20 bits per heavy atom. The van der Waals surface area contributed by atoms with Gasteiger partial charge in [-0.2, -0.15) is 0 Å². The van der Waals surface area contributed by atoms with Gasteiger partial charge in [-0.1, -0.05) is 30.4 Å². The number of benzene rings is 1. The molecule has 0 spiro atoms. The summed E-state index contributed by atoms with van der Waals surface area (Å²) in [6, 6.07) is 6.38. The lowest BCUT2D eigenvalue weighted by Crippen LogP contribution is -2.07. The Morgan fingerprint density at radius 2 is 1.80 bits per heavy atom. The maximum atomic E-state index is 3.24. The van der Waals surface area contributed by atoms with Crippen molar-refractivity contribution in [3.63, 3.8) is 0 Å². The SMILES string of the molecule is C/C=C\C=C(/NC)c1c(C)cccc1C. The van der Waals surface area contributed by atoms with Crippen LogP contribution < -0.4 is 5.32 Å². The van der Waals surface area contributed by atoms with Gasteiger partial charge in [-0.25, -0.2) is 0 Å². The zero-order valence-corrected chi connectivity index (χ0v) is 9.96. The summed E-state index contributed by atoms with van der Waals surface area (Å²) in [7, 11) is 1.96. The first-order chi connectivity index (χ1) is 7.20. The zero-order chi connectivity index (χ0) is 11.3. The Morgan fingerprint density at radius 3 is 2.27 bits per heavy atom. The van der Waals surface area contributed by atoms with Crippen LogP contribution in [0, 0.1) is 13.8 Å². The fraction of sp³-hybridized carbons (Fsp3) is 0.286. The smallest absolute Gasteiger partial charge is 0.0416 e. The summed E-state index contributed by atoms with van der Waals surface area (Å²) in [6.07, 6.45) is 6.19. The molecule has 0 atom stereocenters. The van der Waals surface area contributed by atoms with E-state index in [0.717, 1.165) is 0 Å². The lowest BCUT2D eigenvalue weighted by molar-refractivity contribution is 1.11. The van der Waals surface area contributed by atoms with Gasteiger partial charge in [-0.3, -0.25) is 0 Å². The number of aryl methyl sites for hydroxylation is 2. The van der Waals surface area contributed by atoms with Gasteiger partial charge in [0.05, 0.1) is 0 Å². The second-order valence-electron chi connectivity index (χ2n) is 3.62. The average molecular weight is 201 g/mol. The van der Waals surface area contributed by atoms with Gasteiger partial charge in [0.25, 0.3) is 0 Å². The Balaban J connectivity index is 3.23. The predicted molar refractivity (Wildman–Crippen MR) is 67.8 cm³/mol. The van der Waals surface area contributed by atoms with Gasteiger partial charge in [-0.15, -0.1) is 0 Å². The molecular formula is C14H19N. The molecule has 1 nitrogen and oxygen atoms in total. The molecular weight excluding hydrogens is 182 g/mol. The molecule has 1 N–H and O–H groups in total. The van der Waals surface area contributed by atoms with Gasteiger partial charge < -0.3 is 5.32 Å². The lowest BCUT2D eigenvalue weighted by Gasteiger charge is -2.12. The number of rotatable bonds is 3. The third-order valence-corrected chi connectivity index (χ3v) is 2.48. The van der Waals surface area contributed by atoms with Crippen LogP contribution in [0.4, 0.5) is 0 Å². The number of hydrogen-bond acceptors (Lipinski definition) is 1. The van der Waals surface area contributed by atoms with Crippen molar-refractivity contribution in [2.45, 2.75) is 20.8 Å². The van der Waals surface area contributed by atoms with Gasteiger partial charge in [0.1, 0.15) is 0 Å². The van der Waals surface area contributed by atoms with Crippen molar-refractivity contribution < 1.29 is 0 Å². The number of hydrogen-bond donors (Lipinski definition) is 1. The zero-order valence-electron chi connectivity index (χ0n) is 9.96. The second kappa shape index (κ2) is 5.40. The maximum absolute atomic E-state index is 3.24. The van der Waals surface area contributed by atoms with E-state index >= 15 is 0 Å². The van der Waals surface area contributed by atoms with Crippen molar-refractivity contribution in [1.29, 1.82) is 0 Å². The van der Waals surface area contributed by atoms with E-state index in [4.69, 9.17) is 0 Å². The van der Waals surface area contributed by atoms with Gasteiger partial charge >= 0.3 is 0 Å². The van der Waals surface area contributed by atoms with Crippen molar-refractivity contribution in [3.05, 3.63) is 53.1 Å². The van der Waals surface area contributed by atoms with Crippen LogP contribution in [0.1, 0.15) is 23.6 Å². The van der Waals surface area contributed by atoms with Crippen LogP contribution >= 0.6 is 0 Å². The standard InChI is InChI=1S/C14H19N/c1-5-6-10-13(15-4)14-11(2)8-7-9-12(14)3/h5-10,15H,1-4H3/b6-5-,13-10-. The van der Waals surface area contributed by atoms with Crippen LogP contribution in [0.3, 0.4) is 0 Å². The molecule has 80 valence electrons. The molecule has 1 aromatic rings. The van der Waals surface area contributed by atoms with E-state index in [2.05, 4.69) is 49.5 Å². The Kier molecular flexibility index (Phi) is 4.17. The first-order valence-electron chi connectivity index (χ1n) is 5.28. The van der Waals surface area contributed by atoms with Gasteiger partial charge in [0.15, 0.2) is 0 Å². The largest absolute Gasteiger partial charge is 0.388 e. The maximum Gasteiger partial charge on any atom is 0.0416 e. The summed E-state index contributed by atoms with van der Waals surface area (Å²) >= 11 is 0. The highest BCUT2D eigenvalue weighted by Crippen LogP contribution is 2.20. The fourth-order valence-electron chi connectivity index (χ4n) is 1.72. The van der Waals surface area contributed by atoms with Crippen LogP contribution in [-0.2, 0) is 0 Å². The van der Waals surface area contributed by atoms with Crippen LogP contribution in [0.15, 0.2) is 36.4 Å². The van der Waals surface area contributed by atoms with E-state index < -0.39 is 0 Å². The molecule has 15 heavy (non-hydrogen) atoms. The average Bonchev–Trinajstić information content (AvgIpc) is 2.22. The third kappa shape index (κ3) is 2.72. The van der Waals surface area contributed by atoms with E-state index in [-0.39, 0.29) is 0 Å². The van der Waals surface area contributed by atoms with E-state index in [1.54, 1.807) is 0 Å². The van der Waals surface area contributed by atoms with E-state index in [1.807, 2.05) is 20.0 Å². The minimum absolute atomic E-state index is 1.17. The second-order valence-corrected chi connectivity index (χ2v) is 3.62. The first kappa shape index (κ1) is 11.6. The normalized spacial score (nSPS) is 12.1. The molecule has 1 heteroatoms. The van der Waals surface area contributed by atoms with Gasteiger partial charge in [0.2, 0.25) is 0 Å². The van der Waals surface area contributed by atoms with E-state index in [9.17, 15) is 0 Å². The van der Waals surface area contributed by atoms with Crippen molar-refractivity contribution in [2.75, 3.05) is 7.05 Å². The molecule has 0 fully saturated rings. The molecule has 0 bridgehead atoms. The number of nitrogens with one attached hydrogen (secondary N) is 1. The summed E-state index contributed by atoms with van der Waals surface area (Å²) in [4.78, 5) is 0. The Labute approximate surface area is 92.5 Å². The van der Waals surface area contributed by atoms with Gasteiger partial charge in [0, 0.05) is 18.3 Å². The Hall–Kier alpha value is -1.50. The van der Waals surface area contributed by atoms with Crippen LogP contribution in [0.25, 0.3) is 5.70 Å². The topological polar surface area (TPSA) is 12.0 Å². The molecule has 0 aliphatic carbocycles. The molecule has 0 heterocycles. The van der Waals surface area contributed by atoms with E-state index in [1.165, 1.54) is 22.4 Å². The summed E-state index contributed by atoms with van der Waals surface area (Å²) < 4.78 is 0. The molecule has 0 unspecified atom stereocenters. The molecule has 0 saturated heterocycles. The lowest BCUT2D eigenvalue weighted by atomic mass is 9.99. The first-order valence-corrected chi connectivity index (χ1v) is 5.28. The van der Waals surface area contributed by atoms with Crippen molar-refractivity contribution >= 4 is 5.70 Å². The van der Waals surface area contributed by atoms with Crippen LogP contribution in [-0.4, -0.2) is 7.05 Å². The molecule has 1 aromatic carbocycles. The summed E-state index contributed by atoms with van der Waals surface area (Å²) in [5.74, 6) is 0. The van der Waals surface area contributed by atoms with Crippen molar-refractivity contribution in [1.82, 2.24) is 5.32 Å². The molecule has 0 amide bonds. The molecule has 0 saturated carbocycles. The fourth-order valence-corrected chi connectivity index (χ4v) is 1.72. The van der Waals surface area contributed by atoms with Gasteiger partial charge in [-0.05, 0) is 38.0 Å². The molecule has 0 aliphatic heterocycles. The summed E-state index contributed by atoms with van der Waals surface area (Å²) in [6.45, 7) is 6.31. The van der Waals surface area contributed by atoms with Crippen molar-refractivity contribution in [2.24, 2.45) is 0 Å². The minimum atomic E-state index is 1.17. The minimum Gasteiger partial charge on any atom is -0.388 e. The van der Waals surface area contributed by atoms with Crippen LogP contribution in [0.2, 0.25) is 0 Å². The van der Waals surface area contributed by atoms with Crippen LogP contribution in [0.5, 0.6) is 0 Å². The van der Waals surface area contributed by atoms with E-state index in [0.29, 0.717) is 0 Å².